The molecule has 0 aliphatic heterocycles. The van der Waals surface area contributed by atoms with E-state index in [1.165, 1.54) is 0 Å². The molecule has 0 heterocycles. The molecule has 0 spiro atoms. The molecule has 1 fully saturated rings. The topological polar surface area (TPSA) is 43.1 Å². The summed E-state index contributed by atoms with van der Waals surface area (Å²) in [5, 5.41) is 0. The van der Waals surface area contributed by atoms with Gasteiger partial charge in [-0.05, 0) is 25.7 Å². The van der Waals surface area contributed by atoms with Gasteiger partial charge in [-0.15, -0.1) is 0 Å². The zero-order chi connectivity index (χ0) is 10.8. The molecule has 5 heteroatoms. The maximum atomic E-state index is 12.1. The molecule has 0 radical (unpaired) electrons. The van der Waals surface area contributed by atoms with Crippen LogP contribution in [0.4, 0.5) is 13.2 Å². The average molecular weight is 209 g/mol. The molecular formula is C9H14F3NO. The van der Waals surface area contributed by atoms with Crippen molar-refractivity contribution >= 4 is 5.78 Å². The number of halogens is 3. The zero-order valence-corrected chi connectivity index (χ0v) is 7.81. The Morgan fingerprint density at radius 2 is 1.79 bits per heavy atom. The number of hydrogen-bond donors (Lipinski definition) is 1. The first-order valence-electron chi connectivity index (χ1n) is 4.78. The molecule has 2 nitrogen and oxygen atoms in total. The van der Waals surface area contributed by atoms with Gasteiger partial charge in [0.25, 0.3) is 0 Å². The van der Waals surface area contributed by atoms with Crippen molar-refractivity contribution in [3.05, 3.63) is 0 Å². The first-order valence-corrected chi connectivity index (χ1v) is 4.78. The van der Waals surface area contributed by atoms with Crippen molar-refractivity contribution in [3.63, 3.8) is 0 Å². The Labute approximate surface area is 80.7 Å². The molecule has 82 valence electrons. The van der Waals surface area contributed by atoms with Gasteiger partial charge < -0.3 is 5.73 Å². The number of rotatable bonds is 1. The molecule has 0 aromatic heterocycles. The van der Waals surface area contributed by atoms with E-state index >= 15 is 0 Å². The average Bonchev–Trinajstić information content (AvgIpc) is 2.27. The predicted octanol–water partition coefficient (Wildman–Crippen LogP) is 2.03. The lowest BCUT2D eigenvalue weighted by atomic mass is 9.95. The first-order chi connectivity index (χ1) is 6.41. The number of carbonyl (C=O) groups excluding carboxylic acids is 1. The minimum atomic E-state index is -4.68. The number of Topliss-reactive ketones (excluding diaryl/α,β-unsaturated/α-hetero) is 1. The van der Waals surface area contributed by atoms with Crippen LogP contribution in [0.1, 0.15) is 32.1 Å². The normalized spacial score (nSPS) is 29.7. The van der Waals surface area contributed by atoms with Crippen LogP contribution in [0.2, 0.25) is 0 Å². The Morgan fingerprint density at radius 1 is 1.14 bits per heavy atom. The van der Waals surface area contributed by atoms with E-state index in [0.29, 0.717) is 19.3 Å². The lowest BCUT2D eigenvalue weighted by molar-refractivity contribution is -0.176. The highest BCUT2D eigenvalue weighted by Crippen LogP contribution is 2.29. The van der Waals surface area contributed by atoms with Crippen molar-refractivity contribution in [2.45, 2.75) is 44.3 Å². The summed E-state index contributed by atoms with van der Waals surface area (Å²) in [4.78, 5) is 10.9. The summed E-state index contributed by atoms with van der Waals surface area (Å²) in [6.45, 7) is 0. The molecule has 1 rings (SSSR count). The van der Waals surface area contributed by atoms with E-state index in [9.17, 15) is 18.0 Å². The summed E-state index contributed by atoms with van der Waals surface area (Å²) in [5.41, 5.74) is 5.61. The molecule has 2 atom stereocenters. The fourth-order valence-electron chi connectivity index (χ4n) is 1.82. The third-order valence-corrected chi connectivity index (χ3v) is 2.66. The van der Waals surface area contributed by atoms with Crippen LogP contribution in [0.25, 0.3) is 0 Å². The highest BCUT2D eigenvalue weighted by Gasteiger charge is 2.43. The molecule has 1 aliphatic carbocycles. The third-order valence-electron chi connectivity index (χ3n) is 2.66. The van der Waals surface area contributed by atoms with Crippen molar-refractivity contribution in [3.8, 4) is 0 Å². The lowest BCUT2D eigenvalue weighted by Crippen LogP contribution is -2.30. The van der Waals surface area contributed by atoms with Crippen LogP contribution in [0.5, 0.6) is 0 Å². The standard InChI is InChI=1S/C9H14F3NO/c10-9(11,12)8(14)6-2-1-3-7(13)5-4-6/h6-7H,1-5,13H2. The zero-order valence-electron chi connectivity index (χ0n) is 7.81. The fraction of sp³-hybridized carbons (Fsp3) is 0.889. The third kappa shape index (κ3) is 2.97. The SMILES string of the molecule is NC1CCCC(C(=O)C(F)(F)F)CC1. The van der Waals surface area contributed by atoms with E-state index in [4.69, 9.17) is 5.73 Å². The molecular weight excluding hydrogens is 195 g/mol. The van der Waals surface area contributed by atoms with Gasteiger partial charge in [-0.25, -0.2) is 0 Å². The van der Waals surface area contributed by atoms with Gasteiger partial charge in [0, 0.05) is 12.0 Å². The van der Waals surface area contributed by atoms with Crippen LogP contribution in [-0.4, -0.2) is 18.0 Å². The monoisotopic (exact) mass is 209 g/mol. The molecule has 14 heavy (non-hydrogen) atoms. The Hall–Kier alpha value is -0.580. The second kappa shape index (κ2) is 4.29. The number of hydrogen-bond acceptors (Lipinski definition) is 2. The van der Waals surface area contributed by atoms with Crippen molar-refractivity contribution in [2.75, 3.05) is 0 Å². The van der Waals surface area contributed by atoms with Gasteiger partial charge in [-0.2, -0.15) is 13.2 Å². The van der Waals surface area contributed by atoms with Crippen LogP contribution in [0.15, 0.2) is 0 Å². The second-order valence-electron chi connectivity index (χ2n) is 3.83. The van der Waals surface area contributed by atoms with Crippen LogP contribution in [0.3, 0.4) is 0 Å². The summed E-state index contributed by atoms with van der Waals surface area (Å²) in [5.74, 6) is -2.44. The summed E-state index contributed by atoms with van der Waals surface area (Å²) in [6, 6.07) is -0.0407. The van der Waals surface area contributed by atoms with Crippen molar-refractivity contribution in [1.82, 2.24) is 0 Å². The van der Waals surface area contributed by atoms with Crippen LogP contribution in [-0.2, 0) is 4.79 Å². The first kappa shape index (κ1) is 11.5. The lowest BCUT2D eigenvalue weighted by Gasteiger charge is -2.14. The van der Waals surface area contributed by atoms with Crippen molar-refractivity contribution in [2.24, 2.45) is 11.7 Å². The highest BCUT2D eigenvalue weighted by atomic mass is 19.4. The van der Waals surface area contributed by atoms with Gasteiger partial charge in [0.05, 0.1) is 0 Å². The fourth-order valence-corrected chi connectivity index (χ4v) is 1.82. The molecule has 2 N–H and O–H groups in total. The number of nitrogens with two attached hydrogens (primary N) is 1. The van der Waals surface area contributed by atoms with Gasteiger partial charge in [0.15, 0.2) is 0 Å². The highest BCUT2D eigenvalue weighted by molar-refractivity contribution is 5.86. The predicted molar refractivity (Wildman–Crippen MR) is 45.6 cm³/mol. The Balaban J connectivity index is 2.56. The number of alkyl halides is 3. The van der Waals surface area contributed by atoms with Gasteiger partial charge in [0.2, 0.25) is 5.78 Å². The smallest absolute Gasteiger partial charge is 0.328 e. The maximum Gasteiger partial charge on any atom is 0.450 e. The second-order valence-corrected chi connectivity index (χ2v) is 3.83. The minimum Gasteiger partial charge on any atom is -0.328 e. The van der Waals surface area contributed by atoms with Gasteiger partial charge in [-0.3, -0.25) is 4.79 Å². The largest absolute Gasteiger partial charge is 0.450 e. The quantitative estimate of drug-likeness (QED) is 0.671. The molecule has 2 unspecified atom stereocenters. The summed E-state index contributed by atoms with van der Waals surface area (Å²) >= 11 is 0. The van der Waals surface area contributed by atoms with E-state index in [1.54, 1.807) is 0 Å². The Morgan fingerprint density at radius 3 is 2.36 bits per heavy atom. The molecule has 0 saturated heterocycles. The summed E-state index contributed by atoms with van der Waals surface area (Å²) in [6.07, 6.45) is -2.22. The van der Waals surface area contributed by atoms with E-state index in [-0.39, 0.29) is 12.5 Å². The minimum absolute atomic E-state index is 0.0407. The van der Waals surface area contributed by atoms with E-state index in [0.717, 1.165) is 6.42 Å². The summed E-state index contributed by atoms with van der Waals surface area (Å²) < 4.78 is 36.2. The number of ketones is 1. The molecule has 0 aromatic rings. The van der Waals surface area contributed by atoms with E-state index in [1.807, 2.05) is 0 Å². The number of carbonyl (C=O) groups is 1. The molecule has 1 saturated carbocycles. The Bertz CT molecular complexity index is 215. The molecule has 1 aliphatic rings. The van der Waals surface area contributed by atoms with Crippen LogP contribution in [0, 0.1) is 5.92 Å². The molecule has 0 aromatic carbocycles. The van der Waals surface area contributed by atoms with E-state index in [2.05, 4.69) is 0 Å². The van der Waals surface area contributed by atoms with E-state index < -0.39 is 17.9 Å². The van der Waals surface area contributed by atoms with Crippen molar-refractivity contribution < 1.29 is 18.0 Å². The molecule has 0 amide bonds. The van der Waals surface area contributed by atoms with Gasteiger partial charge >= 0.3 is 6.18 Å². The van der Waals surface area contributed by atoms with Gasteiger partial charge in [0.1, 0.15) is 0 Å². The Kier molecular flexibility index (Phi) is 3.53. The van der Waals surface area contributed by atoms with Crippen LogP contribution >= 0.6 is 0 Å². The summed E-state index contributed by atoms with van der Waals surface area (Å²) in [7, 11) is 0. The van der Waals surface area contributed by atoms with Crippen LogP contribution < -0.4 is 5.73 Å². The van der Waals surface area contributed by atoms with Gasteiger partial charge in [-0.1, -0.05) is 6.42 Å². The maximum absolute atomic E-state index is 12.1. The van der Waals surface area contributed by atoms with Crippen molar-refractivity contribution in [1.29, 1.82) is 0 Å². The molecule has 0 bridgehead atoms.